The fraction of sp³-hybridized carbons (Fsp3) is 0.462. The van der Waals surface area contributed by atoms with Gasteiger partial charge in [-0.1, -0.05) is 0 Å². The first-order valence-electron chi connectivity index (χ1n) is 6.27. The minimum atomic E-state index is -0.774. The van der Waals surface area contributed by atoms with Gasteiger partial charge in [0.05, 0.1) is 12.2 Å². The minimum absolute atomic E-state index is 0.00675. The van der Waals surface area contributed by atoms with Crippen LogP contribution >= 0.6 is 0 Å². The van der Waals surface area contributed by atoms with Crippen LogP contribution in [-0.4, -0.2) is 36.5 Å². The molecule has 1 aromatic carbocycles. The number of amides is 1. The largest absolute Gasteiger partial charge is 0.327 e. The highest BCUT2D eigenvalue weighted by molar-refractivity contribution is 5.92. The molecular weight excluding hydrogens is 252 g/mol. The quantitative estimate of drug-likeness (QED) is 0.870. The molecule has 1 heterocycles. The third-order valence-electron chi connectivity index (χ3n) is 3.11. The van der Waals surface area contributed by atoms with Gasteiger partial charge in [0.25, 0.3) is 0 Å². The van der Waals surface area contributed by atoms with Crippen LogP contribution in [0.3, 0.4) is 0 Å². The van der Waals surface area contributed by atoms with Crippen LogP contribution < -0.4 is 11.1 Å². The monoisotopic (exact) mass is 269 g/mol. The summed E-state index contributed by atoms with van der Waals surface area (Å²) in [4.78, 5) is 13.7. The number of rotatable bonds is 3. The molecule has 19 heavy (non-hydrogen) atoms. The molecule has 0 aliphatic carbocycles. The predicted octanol–water partition coefficient (Wildman–Crippen LogP) is 1.33. The Balaban J connectivity index is 1.90. The van der Waals surface area contributed by atoms with E-state index in [0.717, 1.165) is 31.5 Å². The summed E-state index contributed by atoms with van der Waals surface area (Å²) in [6, 6.07) is 3.15. The minimum Gasteiger partial charge on any atom is -0.327 e. The van der Waals surface area contributed by atoms with Gasteiger partial charge in [0.1, 0.15) is 11.6 Å². The van der Waals surface area contributed by atoms with Crippen LogP contribution in [-0.2, 0) is 4.79 Å². The van der Waals surface area contributed by atoms with Gasteiger partial charge in [-0.3, -0.25) is 9.69 Å². The van der Waals surface area contributed by atoms with Crippen molar-refractivity contribution in [2.45, 2.75) is 18.9 Å². The van der Waals surface area contributed by atoms with Gasteiger partial charge in [0, 0.05) is 18.7 Å². The summed E-state index contributed by atoms with van der Waals surface area (Å²) in [5.41, 5.74) is 5.81. The van der Waals surface area contributed by atoms with Crippen LogP contribution in [0.2, 0.25) is 0 Å². The van der Waals surface area contributed by atoms with Crippen molar-refractivity contribution >= 4 is 11.6 Å². The standard InChI is InChI=1S/C13H17F2N3O/c14-9-3-4-12(11(15)6-9)17-13(19)8-18-5-1-2-10(16)7-18/h3-4,6,10H,1-2,5,7-8,16H2,(H,17,19). The van der Waals surface area contributed by atoms with E-state index in [9.17, 15) is 13.6 Å². The fourth-order valence-corrected chi connectivity index (χ4v) is 2.22. The number of nitrogens with two attached hydrogens (primary N) is 1. The Hall–Kier alpha value is -1.53. The molecule has 0 spiro atoms. The Morgan fingerprint density at radius 3 is 2.95 bits per heavy atom. The first-order valence-corrected chi connectivity index (χ1v) is 6.27. The van der Waals surface area contributed by atoms with Crippen molar-refractivity contribution in [1.29, 1.82) is 0 Å². The molecule has 104 valence electrons. The van der Waals surface area contributed by atoms with Crippen LogP contribution in [0.4, 0.5) is 14.5 Å². The number of piperidine rings is 1. The molecule has 1 unspecified atom stereocenters. The van der Waals surface area contributed by atoms with E-state index < -0.39 is 11.6 Å². The molecule has 4 nitrogen and oxygen atoms in total. The van der Waals surface area contributed by atoms with Crippen LogP contribution in [0.5, 0.6) is 0 Å². The lowest BCUT2D eigenvalue weighted by atomic mass is 10.1. The average molecular weight is 269 g/mol. The molecule has 6 heteroatoms. The number of nitrogens with one attached hydrogen (secondary N) is 1. The number of nitrogens with zero attached hydrogens (tertiary/aromatic N) is 1. The highest BCUT2D eigenvalue weighted by Gasteiger charge is 2.19. The van der Waals surface area contributed by atoms with E-state index >= 15 is 0 Å². The summed E-state index contributed by atoms with van der Waals surface area (Å²) in [6.45, 7) is 1.65. The van der Waals surface area contributed by atoms with E-state index in [-0.39, 0.29) is 24.2 Å². The summed E-state index contributed by atoms with van der Waals surface area (Å²) in [5, 5.41) is 2.44. The zero-order valence-electron chi connectivity index (χ0n) is 10.5. The molecule has 1 fully saturated rings. The predicted molar refractivity (Wildman–Crippen MR) is 68.6 cm³/mol. The number of anilines is 1. The maximum absolute atomic E-state index is 13.4. The third-order valence-corrected chi connectivity index (χ3v) is 3.11. The smallest absolute Gasteiger partial charge is 0.238 e. The Bertz CT molecular complexity index is 467. The number of likely N-dealkylation sites (tertiary alicyclic amines) is 1. The lowest BCUT2D eigenvalue weighted by Crippen LogP contribution is -2.45. The molecular formula is C13H17F2N3O. The van der Waals surface area contributed by atoms with Crippen molar-refractivity contribution in [2.75, 3.05) is 25.0 Å². The molecule has 0 bridgehead atoms. The molecule has 3 N–H and O–H groups in total. The molecule has 0 aromatic heterocycles. The normalized spacial score (nSPS) is 20.3. The number of carbonyl (C=O) groups excluding carboxylic acids is 1. The molecule has 1 saturated heterocycles. The molecule has 0 radical (unpaired) electrons. The first kappa shape index (κ1) is 13.9. The van der Waals surface area contributed by atoms with Crippen LogP contribution in [0, 0.1) is 11.6 Å². The van der Waals surface area contributed by atoms with Gasteiger partial charge in [-0.25, -0.2) is 8.78 Å². The highest BCUT2D eigenvalue weighted by Crippen LogP contribution is 2.15. The number of halogens is 2. The van der Waals surface area contributed by atoms with Crippen molar-refractivity contribution in [3.63, 3.8) is 0 Å². The van der Waals surface area contributed by atoms with Gasteiger partial charge in [0.2, 0.25) is 5.91 Å². The number of hydrogen-bond donors (Lipinski definition) is 2. The van der Waals surface area contributed by atoms with Crippen molar-refractivity contribution in [1.82, 2.24) is 4.90 Å². The lowest BCUT2D eigenvalue weighted by Gasteiger charge is -2.29. The van der Waals surface area contributed by atoms with Crippen LogP contribution in [0.15, 0.2) is 18.2 Å². The Morgan fingerprint density at radius 2 is 2.26 bits per heavy atom. The van der Waals surface area contributed by atoms with Crippen molar-refractivity contribution < 1.29 is 13.6 Å². The molecule has 1 amide bonds. The van der Waals surface area contributed by atoms with Crippen LogP contribution in [0.1, 0.15) is 12.8 Å². The van der Waals surface area contributed by atoms with Crippen molar-refractivity contribution in [3.05, 3.63) is 29.8 Å². The number of benzene rings is 1. The SMILES string of the molecule is NC1CCCN(CC(=O)Nc2ccc(F)cc2F)C1. The average Bonchev–Trinajstić information content (AvgIpc) is 2.33. The van der Waals surface area contributed by atoms with E-state index in [2.05, 4.69) is 5.32 Å². The Labute approximate surface area is 110 Å². The van der Waals surface area contributed by atoms with E-state index in [1.807, 2.05) is 4.90 Å². The van der Waals surface area contributed by atoms with Gasteiger partial charge in [-0.05, 0) is 31.5 Å². The molecule has 1 aromatic rings. The maximum atomic E-state index is 13.4. The van der Waals surface area contributed by atoms with Crippen LogP contribution in [0.25, 0.3) is 0 Å². The second-order valence-electron chi connectivity index (χ2n) is 4.81. The first-order chi connectivity index (χ1) is 9.04. The third kappa shape index (κ3) is 3.97. The highest BCUT2D eigenvalue weighted by atomic mass is 19.1. The zero-order valence-corrected chi connectivity index (χ0v) is 10.5. The van der Waals surface area contributed by atoms with Crippen molar-refractivity contribution in [3.8, 4) is 0 Å². The summed E-state index contributed by atoms with van der Waals surface area (Å²) < 4.78 is 26.1. The lowest BCUT2D eigenvalue weighted by molar-refractivity contribution is -0.117. The van der Waals surface area contributed by atoms with E-state index in [0.29, 0.717) is 6.54 Å². The summed E-state index contributed by atoms with van der Waals surface area (Å²) in [6.07, 6.45) is 1.92. The van der Waals surface area contributed by atoms with Gasteiger partial charge in [-0.15, -0.1) is 0 Å². The fourth-order valence-electron chi connectivity index (χ4n) is 2.22. The van der Waals surface area contributed by atoms with E-state index in [4.69, 9.17) is 5.73 Å². The second kappa shape index (κ2) is 6.08. The van der Waals surface area contributed by atoms with E-state index in [1.165, 1.54) is 6.07 Å². The van der Waals surface area contributed by atoms with Crippen molar-refractivity contribution in [2.24, 2.45) is 5.73 Å². The van der Waals surface area contributed by atoms with E-state index in [1.54, 1.807) is 0 Å². The number of carbonyl (C=O) groups is 1. The molecule has 1 atom stereocenters. The van der Waals surface area contributed by atoms with Gasteiger partial charge >= 0.3 is 0 Å². The Kier molecular flexibility index (Phi) is 4.44. The topological polar surface area (TPSA) is 58.4 Å². The van der Waals surface area contributed by atoms with Gasteiger partial charge in [-0.2, -0.15) is 0 Å². The summed E-state index contributed by atoms with van der Waals surface area (Å²) in [5.74, 6) is -1.76. The summed E-state index contributed by atoms with van der Waals surface area (Å²) >= 11 is 0. The second-order valence-corrected chi connectivity index (χ2v) is 4.81. The summed E-state index contributed by atoms with van der Waals surface area (Å²) in [7, 11) is 0. The number of hydrogen-bond acceptors (Lipinski definition) is 3. The molecule has 0 saturated carbocycles. The molecule has 1 aliphatic rings. The maximum Gasteiger partial charge on any atom is 0.238 e. The Morgan fingerprint density at radius 1 is 1.47 bits per heavy atom. The molecule has 1 aliphatic heterocycles. The van der Waals surface area contributed by atoms with Gasteiger partial charge < -0.3 is 11.1 Å². The zero-order chi connectivity index (χ0) is 13.8. The van der Waals surface area contributed by atoms with Gasteiger partial charge in [0.15, 0.2) is 0 Å². The molecule has 2 rings (SSSR count).